The number of ketones is 2. The summed E-state index contributed by atoms with van der Waals surface area (Å²) >= 11 is 0. The van der Waals surface area contributed by atoms with E-state index in [0.29, 0.717) is 6.42 Å². The third kappa shape index (κ3) is 5.03. The van der Waals surface area contributed by atoms with Gasteiger partial charge in [-0.05, 0) is 68.9 Å². The maximum atomic E-state index is 13.9. The van der Waals surface area contributed by atoms with Gasteiger partial charge in [0.25, 0.3) is 0 Å². The number of carbonyl (C=O) groups is 4. The van der Waals surface area contributed by atoms with Crippen LogP contribution in [0, 0.1) is 34.5 Å². The van der Waals surface area contributed by atoms with Gasteiger partial charge in [0.15, 0.2) is 18.0 Å². The zero-order chi connectivity index (χ0) is 28.6. The van der Waals surface area contributed by atoms with E-state index < -0.39 is 47.2 Å². The molecule has 8 atom stereocenters. The lowest BCUT2D eigenvalue weighted by atomic mass is 9.46. The summed E-state index contributed by atoms with van der Waals surface area (Å²) in [4.78, 5) is 50.8. The highest BCUT2D eigenvalue weighted by molar-refractivity contribution is 6.01. The van der Waals surface area contributed by atoms with E-state index in [1.165, 1.54) is 0 Å². The number of ether oxygens (including phenoxy) is 4. The Morgan fingerprint density at radius 3 is 2.54 bits per heavy atom. The fraction of sp³-hybridized carbons (Fsp3) is 0.733. The average Bonchev–Trinajstić information content (AvgIpc) is 3.18. The van der Waals surface area contributed by atoms with Crippen molar-refractivity contribution in [3.05, 3.63) is 23.8 Å². The Balaban J connectivity index is 1.66. The summed E-state index contributed by atoms with van der Waals surface area (Å²) in [5.41, 5.74) is -1.97. The van der Waals surface area contributed by atoms with Crippen LogP contribution in [-0.4, -0.2) is 60.5 Å². The fourth-order valence-electron chi connectivity index (χ4n) is 7.90. The van der Waals surface area contributed by atoms with E-state index in [1.807, 2.05) is 26.8 Å². The predicted octanol–water partition coefficient (Wildman–Crippen LogP) is 4.95. The van der Waals surface area contributed by atoms with Crippen molar-refractivity contribution in [2.24, 2.45) is 34.5 Å². The molecule has 216 valence electrons. The first-order chi connectivity index (χ1) is 18.4. The second-order valence-electron chi connectivity index (χ2n) is 12.1. The van der Waals surface area contributed by atoms with Crippen molar-refractivity contribution in [3.8, 4) is 0 Å². The van der Waals surface area contributed by atoms with Gasteiger partial charge in [-0.1, -0.05) is 45.8 Å². The van der Waals surface area contributed by atoms with Crippen LogP contribution in [0.1, 0.15) is 73.1 Å². The van der Waals surface area contributed by atoms with Gasteiger partial charge in [0, 0.05) is 16.7 Å². The number of fused-ring (bicyclic) bond motifs is 5. The molecule has 9 heteroatoms. The first kappa shape index (κ1) is 29.3. The molecule has 3 saturated carbocycles. The van der Waals surface area contributed by atoms with E-state index in [1.54, 1.807) is 19.1 Å². The predicted molar refractivity (Wildman–Crippen MR) is 141 cm³/mol. The third-order valence-corrected chi connectivity index (χ3v) is 10.1. The molecule has 0 heterocycles. The summed E-state index contributed by atoms with van der Waals surface area (Å²) in [7, 11) is 0. The number of aliphatic hydroxyl groups is 1. The zero-order valence-corrected chi connectivity index (χ0v) is 23.7. The molecule has 0 aromatic heterocycles. The lowest BCUT2D eigenvalue weighted by Gasteiger charge is -2.59. The Labute approximate surface area is 230 Å². The van der Waals surface area contributed by atoms with E-state index in [9.17, 15) is 24.3 Å². The van der Waals surface area contributed by atoms with E-state index in [-0.39, 0.29) is 55.5 Å². The lowest BCUT2D eigenvalue weighted by molar-refractivity contribution is -0.184. The van der Waals surface area contributed by atoms with Gasteiger partial charge in [-0.15, -0.1) is 0 Å². The monoisotopic (exact) mass is 546 g/mol. The molecule has 0 aromatic carbocycles. The molecule has 0 spiro atoms. The largest absolute Gasteiger partial charge is 0.509 e. The van der Waals surface area contributed by atoms with Gasteiger partial charge in [0.2, 0.25) is 5.78 Å². The van der Waals surface area contributed by atoms with E-state index in [4.69, 9.17) is 18.9 Å². The number of Topliss-reactive ketones (excluding diaryl/α,β-unsaturated/α-hetero) is 1. The van der Waals surface area contributed by atoms with Crippen molar-refractivity contribution < 1.29 is 43.2 Å². The molecule has 4 aliphatic rings. The van der Waals surface area contributed by atoms with Crippen LogP contribution in [0.5, 0.6) is 0 Å². The fourth-order valence-corrected chi connectivity index (χ4v) is 7.90. The molecule has 4 aliphatic carbocycles. The second kappa shape index (κ2) is 11.1. The summed E-state index contributed by atoms with van der Waals surface area (Å²) < 4.78 is 21.3. The van der Waals surface area contributed by atoms with Crippen molar-refractivity contribution in [1.82, 2.24) is 0 Å². The van der Waals surface area contributed by atoms with Crippen LogP contribution in [0.25, 0.3) is 0 Å². The van der Waals surface area contributed by atoms with Gasteiger partial charge in [-0.3, -0.25) is 9.59 Å². The van der Waals surface area contributed by atoms with Gasteiger partial charge in [-0.2, -0.15) is 0 Å². The summed E-state index contributed by atoms with van der Waals surface area (Å²) in [5.74, 6) is -0.589. The average molecular weight is 547 g/mol. The highest BCUT2D eigenvalue weighted by atomic mass is 16.7. The van der Waals surface area contributed by atoms with Crippen LogP contribution in [0.3, 0.4) is 0 Å². The molecule has 2 unspecified atom stereocenters. The van der Waals surface area contributed by atoms with Crippen LogP contribution in [0.2, 0.25) is 0 Å². The number of hydrogen-bond donors (Lipinski definition) is 1. The molecule has 0 saturated heterocycles. The second-order valence-corrected chi connectivity index (χ2v) is 12.1. The molecular weight excluding hydrogens is 504 g/mol. The minimum absolute atomic E-state index is 0.0348. The first-order valence-corrected chi connectivity index (χ1v) is 14.2. The minimum atomic E-state index is -1.63. The highest BCUT2D eigenvalue weighted by Crippen LogP contribution is 2.68. The first-order valence-electron chi connectivity index (χ1n) is 14.2. The number of carbonyl (C=O) groups excluding carboxylic acids is 4. The molecule has 0 aliphatic heterocycles. The maximum Gasteiger partial charge on any atom is 0.509 e. The van der Waals surface area contributed by atoms with Crippen LogP contribution in [0.4, 0.5) is 9.59 Å². The van der Waals surface area contributed by atoms with Gasteiger partial charge in [-0.25, -0.2) is 9.59 Å². The Kier molecular flexibility index (Phi) is 8.31. The Bertz CT molecular complexity index is 1060. The number of aliphatic hydroxyl groups excluding tert-OH is 1. The summed E-state index contributed by atoms with van der Waals surface area (Å²) in [5, 5.41) is 11.7. The topological polar surface area (TPSA) is 125 Å². The Morgan fingerprint density at radius 2 is 1.85 bits per heavy atom. The molecule has 0 radical (unpaired) electrons. The highest BCUT2D eigenvalue weighted by Gasteiger charge is 2.70. The summed E-state index contributed by atoms with van der Waals surface area (Å²) in [6.07, 6.45) is 5.84. The van der Waals surface area contributed by atoms with Crippen LogP contribution < -0.4 is 0 Å². The standard InChI is InChI=1S/C30H42O9/c1-6-18(3)16-37-27(35)39-30(24(33)17-38-26(34)36-7-2)13-11-22-21-9-8-19-14-20(31)10-12-28(19,4)25(21)23(32)15-29(22,30)5/h10,12,14,18,21-23,25,32H,6-9,11,13,15-17H2,1-5H3/t18?,21-,22-,23?,25+,28-,29-,30-/m0/s1. The van der Waals surface area contributed by atoms with E-state index in [2.05, 4.69) is 6.92 Å². The van der Waals surface area contributed by atoms with Crippen molar-refractivity contribution in [1.29, 1.82) is 0 Å². The van der Waals surface area contributed by atoms with Crippen molar-refractivity contribution in [3.63, 3.8) is 0 Å². The van der Waals surface area contributed by atoms with E-state index in [0.717, 1.165) is 24.8 Å². The smallest absolute Gasteiger partial charge is 0.435 e. The van der Waals surface area contributed by atoms with Gasteiger partial charge >= 0.3 is 12.3 Å². The summed E-state index contributed by atoms with van der Waals surface area (Å²) in [6, 6.07) is 0. The molecular formula is C30H42O9. The third-order valence-electron chi connectivity index (χ3n) is 10.1. The van der Waals surface area contributed by atoms with Gasteiger partial charge in [0.1, 0.15) is 0 Å². The Morgan fingerprint density at radius 1 is 1.10 bits per heavy atom. The maximum absolute atomic E-state index is 13.9. The number of hydrogen-bond acceptors (Lipinski definition) is 9. The van der Waals surface area contributed by atoms with Gasteiger partial charge in [0.05, 0.1) is 19.3 Å². The molecule has 4 rings (SSSR count). The van der Waals surface area contributed by atoms with Gasteiger partial charge < -0.3 is 24.1 Å². The van der Waals surface area contributed by atoms with Crippen molar-refractivity contribution >= 4 is 23.9 Å². The van der Waals surface area contributed by atoms with E-state index >= 15 is 0 Å². The normalized spacial score (nSPS) is 37.5. The molecule has 0 bridgehead atoms. The zero-order valence-electron chi connectivity index (χ0n) is 23.7. The Hall–Kier alpha value is -2.68. The molecule has 0 aromatic rings. The quantitative estimate of drug-likeness (QED) is 0.421. The van der Waals surface area contributed by atoms with Crippen molar-refractivity contribution in [2.45, 2.75) is 84.8 Å². The van der Waals surface area contributed by atoms with Crippen LogP contribution in [-0.2, 0) is 28.5 Å². The number of allylic oxidation sites excluding steroid dienone is 4. The van der Waals surface area contributed by atoms with Crippen LogP contribution in [0.15, 0.2) is 23.8 Å². The molecule has 3 fully saturated rings. The number of rotatable bonds is 8. The lowest BCUT2D eigenvalue weighted by Crippen LogP contribution is -2.63. The molecule has 0 amide bonds. The molecule has 39 heavy (non-hydrogen) atoms. The van der Waals surface area contributed by atoms with Crippen molar-refractivity contribution in [2.75, 3.05) is 19.8 Å². The molecule has 1 N–H and O–H groups in total. The SMILES string of the molecule is CCOC(=O)OCC(=O)[C@@]1(OC(=O)OCC(C)CC)CC[C@H]2[C@@H]3CCC4=CC(=O)C=C[C@]4(C)[C@H]3C(O)C[C@@]21C. The molecule has 9 nitrogen and oxygen atoms in total. The van der Waals surface area contributed by atoms with Crippen LogP contribution >= 0.6 is 0 Å². The summed E-state index contributed by atoms with van der Waals surface area (Å²) in [6.45, 7) is 9.20. The minimum Gasteiger partial charge on any atom is -0.435 e.